The van der Waals surface area contributed by atoms with Gasteiger partial charge in [0.05, 0.1) is 6.10 Å². The monoisotopic (exact) mass is 242 g/mol. The van der Waals surface area contributed by atoms with Crippen molar-refractivity contribution in [1.29, 1.82) is 0 Å². The summed E-state index contributed by atoms with van der Waals surface area (Å²) in [5.74, 6) is 0. The Morgan fingerprint density at radius 3 is 2.38 bits per heavy atom. The number of aliphatic hydroxyl groups excluding tert-OH is 1. The van der Waals surface area contributed by atoms with Crippen LogP contribution >= 0.6 is 15.9 Å². The average molecular weight is 243 g/mol. The molecule has 0 amide bonds. The number of alkyl halides is 1. The Balaban J connectivity index is 3.18. The van der Waals surface area contributed by atoms with E-state index in [4.69, 9.17) is 0 Å². The highest BCUT2D eigenvalue weighted by atomic mass is 79.9. The Morgan fingerprint density at radius 2 is 1.85 bits per heavy atom. The molecule has 0 saturated heterocycles. The first-order chi connectivity index (χ1) is 6.07. The van der Waals surface area contributed by atoms with E-state index in [0.29, 0.717) is 5.33 Å². The molecule has 0 spiro atoms. The minimum atomic E-state index is -0.390. The second-order valence-electron chi connectivity index (χ2n) is 3.39. The van der Waals surface area contributed by atoms with Gasteiger partial charge in [0.2, 0.25) is 0 Å². The summed E-state index contributed by atoms with van der Waals surface area (Å²) < 4.78 is 0. The zero-order chi connectivity index (χ0) is 10.0. The Kier molecular flexibility index (Phi) is 3.51. The third-order valence-electron chi connectivity index (χ3n) is 2.61. The van der Waals surface area contributed by atoms with Gasteiger partial charge in [-0.05, 0) is 43.0 Å². The number of benzene rings is 1. The molecule has 1 rings (SSSR count). The van der Waals surface area contributed by atoms with Crippen LogP contribution in [-0.4, -0.2) is 10.4 Å². The molecule has 0 bridgehead atoms. The van der Waals surface area contributed by atoms with E-state index in [-0.39, 0.29) is 6.10 Å². The third kappa shape index (κ3) is 2.12. The number of rotatable bonds is 2. The lowest BCUT2D eigenvalue weighted by Gasteiger charge is -2.14. The summed E-state index contributed by atoms with van der Waals surface area (Å²) in [7, 11) is 0. The van der Waals surface area contributed by atoms with Gasteiger partial charge in [-0.25, -0.2) is 0 Å². The Labute approximate surface area is 87.9 Å². The first-order valence-electron chi connectivity index (χ1n) is 4.38. The molecule has 1 unspecified atom stereocenters. The maximum Gasteiger partial charge on any atom is 0.0889 e. The van der Waals surface area contributed by atoms with Crippen molar-refractivity contribution in [1.82, 2.24) is 0 Å². The third-order valence-corrected chi connectivity index (χ3v) is 3.22. The number of halogens is 1. The van der Waals surface area contributed by atoms with Crippen LogP contribution in [0.1, 0.15) is 28.4 Å². The van der Waals surface area contributed by atoms with Crippen LogP contribution in [0.4, 0.5) is 0 Å². The largest absolute Gasteiger partial charge is 0.388 e. The first kappa shape index (κ1) is 10.7. The Bertz CT molecular complexity index is 307. The lowest BCUT2D eigenvalue weighted by molar-refractivity contribution is 0.204. The molecule has 1 N–H and O–H groups in total. The summed E-state index contributed by atoms with van der Waals surface area (Å²) in [6.45, 7) is 6.24. The summed E-state index contributed by atoms with van der Waals surface area (Å²) in [5.41, 5.74) is 4.78. The summed E-state index contributed by atoms with van der Waals surface area (Å²) in [5, 5.41) is 10.3. The molecule has 0 fully saturated rings. The molecule has 1 atom stereocenters. The van der Waals surface area contributed by atoms with E-state index in [0.717, 1.165) is 5.56 Å². The Hall–Kier alpha value is -0.340. The van der Waals surface area contributed by atoms with E-state index in [9.17, 15) is 5.11 Å². The van der Waals surface area contributed by atoms with Gasteiger partial charge in [-0.1, -0.05) is 28.1 Å². The molecule has 2 heteroatoms. The van der Waals surface area contributed by atoms with Crippen LogP contribution in [0.15, 0.2) is 12.1 Å². The smallest absolute Gasteiger partial charge is 0.0889 e. The van der Waals surface area contributed by atoms with Gasteiger partial charge in [-0.2, -0.15) is 0 Å². The van der Waals surface area contributed by atoms with E-state index in [1.54, 1.807) is 0 Å². The molecule has 1 aromatic carbocycles. The number of aryl methyl sites for hydroxylation is 1. The fraction of sp³-hybridized carbons (Fsp3) is 0.455. The van der Waals surface area contributed by atoms with Crippen molar-refractivity contribution >= 4 is 15.9 Å². The van der Waals surface area contributed by atoms with E-state index in [1.807, 2.05) is 6.07 Å². The summed E-state index contributed by atoms with van der Waals surface area (Å²) in [4.78, 5) is 0. The van der Waals surface area contributed by atoms with Crippen LogP contribution in [0.25, 0.3) is 0 Å². The standard InChI is InChI=1S/C11H15BrO/c1-7-4-5-10(11(13)6-12)9(3)8(7)2/h4-5,11,13H,6H2,1-3H3. The molecule has 13 heavy (non-hydrogen) atoms. The minimum absolute atomic E-state index is 0.390. The van der Waals surface area contributed by atoms with Crippen LogP contribution in [-0.2, 0) is 0 Å². The number of aliphatic hydroxyl groups is 1. The van der Waals surface area contributed by atoms with Crippen molar-refractivity contribution in [2.45, 2.75) is 26.9 Å². The lowest BCUT2D eigenvalue weighted by Crippen LogP contribution is -2.03. The van der Waals surface area contributed by atoms with Crippen molar-refractivity contribution in [2.75, 3.05) is 5.33 Å². The quantitative estimate of drug-likeness (QED) is 0.791. The van der Waals surface area contributed by atoms with Gasteiger partial charge in [-0.3, -0.25) is 0 Å². The fourth-order valence-electron chi connectivity index (χ4n) is 1.42. The average Bonchev–Trinajstić information content (AvgIpc) is 2.13. The van der Waals surface area contributed by atoms with Crippen molar-refractivity contribution in [3.63, 3.8) is 0 Å². The molecule has 0 radical (unpaired) electrons. The van der Waals surface area contributed by atoms with Crippen LogP contribution in [0.5, 0.6) is 0 Å². The highest BCUT2D eigenvalue weighted by molar-refractivity contribution is 9.09. The minimum Gasteiger partial charge on any atom is -0.388 e. The van der Waals surface area contributed by atoms with Gasteiger partial charge in [0, 0.05) is 5.33 Å². The van der Waals surface area contributed by atoms with Crippen LogP contribution in [0.3, 0.4) is 0 Å². The molecule has 1 nitrogen and oxygen atoms in total. The molecule has 0 aliphatic carbocycles. The van der Waals surface area contributed by atoms with Gasteiger partial charge in [0.25, 0.3) is 0 Å². The zero-order valence-corrected chi connectivity index (χ0v) is 9.85. The van der Waals surface area contributed by atoms with E-state index < -0.39 is 0 Å². The van der Waals surface area contributed by atoms with E-state index in [1.165, 1.54) is 16.7 Å². The van der Waals surface area contributed by atoms with Gasteiger partial charge < -0.3 is 5.11 Å². The molecule has 0 aliphatic heterocycles. The SMILES string of the molecule is Cc1ccc(C(O)CBr)c(C)c1C. The topological polar surface area (TPSA) is 20.2 Å². The molecule has 0 saturated carbocycles. The zero-order valence-electron chi connectivity index (χ0n) is 8.26. The van der Waals surface area contributed by atoms with E-state index >= 15 is 0 Å². The maximum absolute atomic E-state index is 9.68. The molecule has 0 heterocycles. The van der Waals surface area contributed by atoms with Crippen molar-refractivity contribution in [3.8, 4) is 0 Å². The molecular formula is C11H15BrO. The normalized spacial score (nSPS) is 13.0. The maximum atomic E-state index is 9.68. The molecular weight excluding hydrogens is 228 g/mol. The first-order valence-corrected chi connectivity index (χ1v) is 5.50. The fourth-order valence-corrected chi connectivity index (χ4v) is 1.77. The van der Waals surface area contributed by atoms with Gasteiger partial charge in [0.1, 0.15) is 0 Å². The van der Waals surface area contributed by atoms with Crippen LogP contribution < -0.4 is 0 Å². The second kappa shape index (κ2) is 4.25. The molecule has 0 aromatic heterocycles. The lowest BCUT2D eigenvalue weighted by atomic mass is 9.96. The summed E-state index contributed by atoms with van der Waals surface area (Å²) in [6, 6.07) is 4.06. The number of hydrogen-bond donors (Lipinski definition) is 1. The predicted molar refractivity (Wildman–Crippen MR) is 59.4 cm³/mol. The van der Waals surface area contributed by atoms with Gasteiger partial charge in [-0.15, -0.1) is 0 Å². The van der Waals surface area contributed by atoms with Crippen LogP contribution in [0.2, 0.25) is 0 Å². The Morgan fingerprint density at radius 1 is 1.23 bits per heavy atom. The van der Waals surface area contributed by atoms with Crippen LogP contribution in [0, 0.1) is 20.8 Å². The highest BCUT2D eigenvalue weighted by Crippen LogP contribution is 2.23. The van der Waals surface area contributed by atoms with Crippen molar-refractivity contribution < 1.29 is 5.11 Å². The van der Waals surface area contributed by atoms with Gasteiger partial charge >= 0.3 is 0 Å². The molecule has 72 valence electrons. The molecule has 1 aromatic rings. The van der Waals surface area contributed by atoms with Crippen molar-refractivity contribution in [3.05, 3.63) is 34.4 Å². The molecule has 0 aliphatic rings. The summed E-state index contributed by atoms with van der Waals surface area (Å²) in [6.07, 6.45) is -0.390. The van der Waals surface area contributed by atoms with E-state index in [2.05, 4.69) is 42.8 Å². The number of hydrogen-bond acceptors (Lipinski definition) is 1. The van der Waals surface area contributed by atoms with Gasteiger partial charge in [0.15, 0.2) is 0 Å². The predicted octanol–water partition coefficient (Wildman–Crippen LogP) is 3.04. The summed E-state index contributed by atoms with van der Waals surface area (Å²) >= 11 is 3.28. The van der Waals surface area contributed by atoms with Crippen molar-refractivity contribution in [2.24, 2.45) is 0 Å². The second-order valence-corrected chi connectivity index (χ2v) is 4.04. The highest BCUT2D eigenvalue weighted by Gasteiger charge is 2.10.